The van der Waals surface area contributed by atoms with Crippen molar-refractivity contribution in [3.63, 3.8) is 0 Å². The molecule has 2 N–H and O–H groups in total. The highest BCUT2D eigenvalue weighted by Crippen LogP contribution is 2.24. The Kier molecular flexibility index (Phi) is 4.14. The van der Waals surface area contributed by atoms with Crippen molar-refractivity contribution in [3.8, 4) is 0 Å². The third-order valence-electron chi connectivity index (χ3n) is 2.60. The SMILES string of the molecule is CC(C)(COC1CCCC1)CS(N)(=O)=O. The van der Waals surface area contributed by atoms with Gasteiger partial charge in [0.05, 0.1) is 18.5 Å². The molecule has 4 nitrogen and oxygen atoms in total. The minimum Gasteiger partial charge on any atom is -0.378 e. The van der Waals surface area contributed by atoms with Gasteiger partial charge in [-0.15, -0.1) is 0 Å². The van der Waals surface area contributed by atoms with Gasteiger partial charge in [0, 0.05) is 5.41 Å². The van der Waals surface area contributed by atoms with Crippen molar-refractivity contribution in [1.82, 2.24) is 0 Å². The van der Waals surface area contributed by atoms with Crippen LogP contribution in [-0.4, -0.2) is 26.9 Å². The number of hydrogen-bond donors (Lipinski definition) is 1. The first-order valence-corrected chi connectivity index (χ1v) is 7.12. The maximum Gasteiger partial charge on any atom is 0.209 e. The van der Waals surface area contributed by atoms with Crippen molar-refractivity contribution in [2.75, 3.05) is 12.4 Å². The van der Waals surface area contributed by atoms with Gasteiger partial charge in [0.25, 0.3) is 0 Å². The molecule has 1 rings (SSSR count). The highest BCUT2D eigenvalue weighted by Gasteiger charge is 2.26. The van der Waals surface area contributed by atoms with Crippen molar-refractivity contribution < 1.29 is 13.2 Å². The van der Waals surface area contributed by atoms with Crippen LogP contribution in [0.5, 0.6) is 0 Å². The van der Waals surface area contributed by atoms with E-state index in [1.807, 2.05) is 13.8 Å². The molecule has 0 heterocycles. The Hall–Kier alpha value is -0.130. The van der Waals surface area contributed by atoms with E-state index in [0.29, 0.717) is 12.7 Å². The Morgan fingerprint density at radius 3 is 2.33 bits per heavy atom. The molecule has 0 unspecified atom stereocenters. The third kappa shape index (κ3) is 5.49. The average molecular weight is 235 g/mol. The smallest absolute Gasteiger partial charge is 0.209 e. The van der Waals surface area contributed by atoms with E-state index in [1.165, 1.54) is 12.8 Å². The lowest BCUT2D eigenvalue weighted by molar-refractivity contribution is 0.0139. The summed E-state index contributed by atoms with van der Waals surface area (Å²) >= 11 is 0. The molecular weight excluding hydrogens is 214 g/mol. The summed E-state index contributed by atoms with van der Waals surface area (Å²) in [6, 6.07) is 0. The minimum atomic E-state index is -3.41. The zero-order valence-corrected chi connectivity index (χ0v) is 10.3. The molecular formula is C10H21NO3S. The molecule has 1 saturated carbocycles. The molecule has 1 fully saturated rings. The first-order chi connectivity index (χ1) is 6.79. The van der Waals surface area contributed by atoms with Gasteiger partial charge in [-0.05, 0) is 12.8 Å². The Balaban J connectivity index is 2.35. The molecule has 0 aromatic heterocycles. The van der Waals surface area contributed by atoms with Crippen molar-refractivity contribution in [3.05, 3.63) is 0 Å². The number of nitrogens with two attached hydrogens (primary N) is 1. The van der Waals surface area contributed by atoms with Crippen molar-refractivity contribution >= 4 is 10.0 Å². The van der Waals surface area contributed by atoms with E-state index in [4.69, 9.17) is 9.88 Å². The fourth-order valence-electron chi connectivity index (χ4n) is 1.98. The molecule has 1 aliphatic carbocycles. The predicted octanol–water partition coefficient (Wildman–Crippen LogP) is 1.26. The van der Waals surface area contributed by atoms with E-state index >= 15 is 0 Å². The average Bonchev–Trinajstić information content (AvgIpc) is 2.47. The zero-order chi connectivity index (χ0) is 11.5. The van der Waals surface area contributed by atoms with Gasteiger partial charge in [-0.1, -0.05) is 26.7 Å². The van der Waals surface area contributed by atoms with Crippen LogP contribution in [0, 0.1) is 5.41 Å². The minimum absolute atomic E-state index is 0.0211. The second-order valence-corrected chi connectivity index (χ2v) is 6.80. The molecule has 0 saturated heterocycles. The molecule has 1 aliphatic rings. The molecule has 0 aromatic rings. The molecule has 0 radical (unpaired) electrons. The van der Waals surface area contributed by atoms with Crippen LogP contribution < -0.4 is 5.14 Å². The van der Waals surface area contributed by atoms with Gasteiger partial charge in [0.2, 0.25) is 10.0 Å². The number of ether oxygens (including phenoxy) is 1. The fraction of sp³-hybridized carbons (Fsp3) is 1.00. The summed E-state index contributed by atoms with van der Waals surface area (Å²) < 4.78 is 27.6. The van der Waals surface area contributed by atoms with Gasteiger partial charge < -0.3 is 4.74 Å². The van der Waals surface area contributed by atoms with Crippen LogP contribution in [0.4, 0.5) is 0 Å². The van der Waals surface area contributed by atoms with Gasteiger partial charge in [-0.2, -0.15) is 0 Å². The standard InChI is InChI=1S/C10H21NO3S/c1-10(2,8-15(11,12)13)7-14-9-5-3-4-6-9/h9H,3-8H2,1-2H3,(H2,11,12,13). The monoisotopic (exact) mass is 235 g/mol. The summed E-state index contributed by atoms with van der Waals surface area (Å²) in [4.78, 5) is 0. The lowest BCUT2D eigenvalue weighted by Crippen LogP contribution is -2.33. The molecule has 0 atom stereocenters. The zero-order valence-electron chi connectivity index (χ0n) is 9.53. The Bertz CT molecular complexity index is 292. The van der Waals surface area contributed by atoms with Gasteiger partial charge >= 0.3 is 0 Å². The van der Waals surface area contributed by atoms with Crippen LogP contribution in [0.3, 0.4) is 0 Å². The Morgan fingerprint density at radius 1 is 1.33 bits per heavy atom. The van der Waals surface area contributed by atoms with Gasteiger partial charge in [-0.25, -0.2) is 13.6 Å². The van der Waals surface area contributed by atoms with Crippen LogP contribution in [0.15, 0.2) is 0 Å². The van der Waals surface area contributed by atoms with Crippen molar-refractivity contribution in [2.24, 2.45) is 10.6 Å². The van der Waals surface area contributed by atoms with Crippen LogP contribution in [0.2, 0.25) is 0 Å². The lowest BCUT2D eigenvalue weighted by atomic mass is 9.98. The van der Waals surface area contributed by atoms with E-state index in [2.05, 4.69) is 0 Å². The third-order valence-corrected chi connectivity index (χ3v) is 3.79. The summed E-state index contributed by atoms with van der Waals surface area (Å²) in [6.45, 7) is 4.20. The number of hydrogen-bond acceptors (Lipinski definition) is 3. The summed E-state index contributed by atoms with van der Waals surface area (Å²) in [6.07, 6.45) is 4.97. The van der Waals surface area contributed by atoms with Crippen LogP contribution >= 0.6 is 0 Å². The molecule has 0 spiro atoms. The van der Waals surface area contributed by atoms with Crippen LogP contribution in [-0.2, 0) is 14.8 Å². The fourth-order valence-corrected chi connectivity index (χ4v) is 3.16. The highest BCUT2D eigenvalue weighted by atomic mass is 32.2. The number of rotatable bonds is 5. The lowest BCUT2D eigenvalue weighted by Gasteiger charge is -2.25. The van der Waals surface area contributed by atoms with Gasteiger partial charge in [0.1, 0.15) is 0 Å². The largest absolute Gasteiger partial charge is 0.378 e. The first-order valence-electron chi connectivity index (χ1n) is 5.41. The first kappa shape index (κ1) is 12.9. The van der Waals surface area contributed by atoms with Crippen molar-refractivity contribution in [1.29, 1.82) is 0 Å². The summed E-state index contributed by atoms with van der Waals surface area (Å²) in [5, 5.41) is 5.02. The van der Waals surface area contributed by atoms with E-state index < -0.39 is 15.4 Å². The Morgan fingerprint density at radius 2 is 1.87 bits per heavy atom. The number of primary sulfonamides is 1. The predicted molar refractivity (Wildman–Crippen MR) is 60.0 cm³/mol. The number of sulfonamides is 1. The quantitative estimate of drug-likeness (QED) is 0.780. The van der Waals surface area contributed by atoms with E-state index in [9.17, 15) is 8.42 Å². The second kappa shape index (κ2) is 4.80. The topological polar surface area (TPSA) is 69.4 Å². The molecule has 0 bridgehead atoms. The van der Waals surface area contributed by atoms with E-state index in [-0.39, 0.29) is 5.75 Å². The molecule has 90 valence electrons. The molecule has 0 amide bonds. The Labute approximate surface area is 92.2 Å². The summed E-state index contributed by atoms with van der Waals surface area (Å²) in [5.74, 6) is -0.0211. The normalized spacial score (nSPS) is 19.7. The van der Waals surface area contributed by atoms with E-state index in [1.54, 1.807) is 0 Å². The van der Waals surface area contributed by atoms with Gasteiger partial charge in [0.15, 0.2) is 0 Å². The van der Waals surface area contributed by atoms with Crippen LogP contribution in [0.1, 0.15) is 39.5 Å². The van der Waals surface area contributed by atoms with Gasteiger partial charge in [-0.3, -0.25) is 0 Å². The van der Waals surface area contributed by atoms with E-state index in [0.717, 1.165) is 12.8 Å². The molecule has 0 aromatic carbocycles. The maximum atomic E-state index is 11.0. The summed E-state index contributed by atoms with van der Waals surface area (Å²) in [7, 11) is -3.41. The molecule has 0 aliphatic heterocycles. The van der Waals surface area contributed by atoms with Crippen LogP contribution in [0.25, 0.3) is 0 Å². The molecule has 15 heavy (non-hydrogen) atoms. The highest BCUT2D eigenvalue weighted by molar-refractivity contribution is 7.89. The molecule has 5 heteroatoms. The second-order valence-electron chi connectivity index (χ2n) is 5.19. The summed E-state index contributed by atoms with van der Waals surface area (Å²) in [5.41, 5.74) is -0.393. The van der Waals surface area contributed by atoms with Crippen molar-refractivity contribution in [2.45, 2.75) is 45.6 Å². The maximum absolute atomic E-state index is 11.0.